The Bertz CT molecular complexity index is 935. The highest BCUT2D eigenvalue weighted by atomic mass is 32.2. The number of amides is 3. The van der Waals surface area contributed by atoms with Gasteiger partial charge in [-0.15, -0.1) is 11.8 Å². The van der Waals surface area contributed by atoms with Crippen molar-refractivity contribution in [2.75, 3.05) is 23.9 Å². The molecule has 158 valence electrons. The molecule has 30 heavy (non-hydrogen) atoms. The maximum Gasteiger partial charge on any atom is 0.234 e. The summed E-state index contributed by atoms with van der Waals surface area (Å²) >= 11 is 1.20. The van der Waals surface area contributed by atoms with Crippen LogP contribution in [-0.4, -0.2) is 47.2 Å². The number of hydrogen-bond donors (Lipinski definition) is 2. The number of anilines is 1. The van der Waals surface area contributed by atoms with Gasteiger partial charge in [0.1, 0.15) is 5.82 Å². The normalized spacial score (nSPS) is 18.4. The van der Waals surface area contributed by atoms with Crippen LogP contribution in [0.15, 0.2) is 48.5 Å². The zero-order chi connectivity index (χ0) is 21.7. The minimum Gasteiger partial charge on any atom is -0.350 e. The van der Waals surface area contributed by atoms with E-state index in [0.717, 1.165) is 16.8 Å². The van der Waals surface area contributed by atoms with Gasteiger partial charge < -0.3 is 15.5 Å². The number of carbonyl (C=O) groups is 3. The molecule has 6 nitrogen and oxygen atoms in total. The van der Waals surface area contributed by atoms with Gasteiger partial charge in [0, 0.05) is 19.2 Å². The van der Waals surface area contributed by atoms with Crippen LogP contribution in [0.25, 0.3) is 0 Å². The first-order chi connectivity index (χ1) is 14.3. The van der Waals surface area contributed by atoms with E-state index in [4.69, 9.17) is 0 Å². The Morgan fingerprint density at radius 2 is 1.83 bits per heavy atom. The monoisotopic (exact) mass is 429 g/mol. The Morgan fingerprint density at radius 3 is 2.53 bits per heavy atom. The summed E-state index contributed by atoms with van der Waals surface area (Å²) in [5.41, 5.74) is 2.53. The minimum atomic E-state index is -0.401. The van der Waals surface area contributed by atoms with Gasteiger partial charge >= 0.3 is 0 Å². The van der Waals surface area contributed by atoms with Crippen molar-refractivity contribution in [3.63, 3.8) is 0 Å². The van der Waals surface area contributed by atoms with Crippen LogP contribution in [0, 0.1) is 12.7 Å². The number of likely N-dealkylation sites (N-methyl/N-ethyl adjacent to an activating group) is 1. The van der Waals surface area contributed by atoms with Crippen LogP contribution in [0.2, 0.25) is 0 Å². The average molecular weight is 430 g/mol. The Balaban J connectivity index is 1.50. The van der Waals surface area contributed by atoms with Crippen molar-refractivity contribution in [1.29, 1.82) is 0 Å². The fourth-order valence-electron chi connectivity index (χ4n) is 3.52. The molecule has 1 heterocycles. The number of likely N-dealkylation sites (tertiary alicyclic amines) is 1. The van der Waals surface area contributed by atoms with E-state index in [1.807, 2.05) is 31.2 Å². The molecular weight excluding hydrogens is 405 g/mol. The number of carbonyl (C=O) groups excluding carboxylic acids is 3. The highest BCUT2D eigenvalue weighted by Crippen LogP contribution is 2.32. The van der Waals surface area contributed by atoms with Crippen molar-refractivity contribution >= 4 is 35.2 Å². The maximum absolute atomic E-state index is 13.2. The van der Waals surface area contributed by atoms with Gasteiger partial charge in [-0.2, -0.15) is 0 Å². The first-order valence-corrected chi connectivity index (χ1v) is 10.7. The SMILES string of the molecule is Cc1cccc(NC(=O)CSCC(=O)N[C@H]2CC(=O)N(C)[C@H]2c2ccc(F)cc2)c1. The summed E-state index contributed by atoms with van der Waals surface area (Å²) in [5, 5.41) is 5.69. The zero-order valence-electron chi connectivity index (χ0n) is 16.9. The largest absolute Gasteiger partial charge is 0.350 e. The summed E-state index contributed by atoms with van der Waals surface area (Å²) in [7, 11) is 1.67. The highest BCUT2D eigenvalue weighted by molar-refractivity contribution is 8.00. The zero-order valence-corrected chi connectivity index (χ0v) is 17.7. The lowest BCUT2D eigenvalue weighted by Crippen LogP contribution is -2.40. The summed E-state index contributed by atoms with van der Waals surface area (Å²) in [6.45, 7) is 1.94. The van der Waals surface area contributed by atoms with Crippen molar-refractivity contribution in [3.05, 3.63) is 65.5 Å². The predicted octanol–water partition coefficient (Wildman–Crippen LogP) is 2.89. The quantitative estimate of drug-likeness (QED) is 0.710. The van der Waals surface area contributed by atoms with Gasteiger partial charge in [-0.1, -0.05) is 24.3 Å². The van der Waals surface area contributed by atoms with E-state index >= 15 is 0 Å². The average Bonchev–Trinajstić information content (AvgIpc) is 2.96. The molecule has 0 bridgehead atoms. The molecule has 0 aliphatic carbocycles. The van der Waals surface area contributed by atoms with Crippen molar-refractivity contribution < 1.29 is 18.8 Å². The lowest BCUT2D eigenvalue weighted by molar-refractivity contribution is -0.127. The van der Waals surface area contributed by atoms with Crippen molar-refractivity contribution in [3.8, 4) is 0 Å². The van der Waals surface area contributed by atoms with Crippen LogP contribution >= 0.6 is 11.8 Å². The van der Waals surface area contributed by atoms with Crippen molar-refractivity contribution in [2.24, 2.45) is 0 Å². The maximum atomic E-state index is 13.2. The molecule has 0 unspecified atom stereocenters. The summed E-state index contributed by atoms with van der Waals surface area (Å²) in [6.07, 6.45) is 0.183. The van der Waals surface area contributed by atoms with Crippen LogP contribution < -0.4 is 10.6 Å². The number of aryl methyl sites for hydroxylation is 1. The standard InChI is InChI=1S/C22H24FN3O3S/c1-14-4-3-5-17(10-14)24-19(27)12-30-13-20(28)25-18-11-21(29)26(2)22(18)15-6-8-16(23)9-7-15/h3-10,18,22H,11-13H2,1-2H3,(H,24,27)(H,25,28)/t18-,22-/m0/s1. The molecule has 0 spiro atoms. The van der Waals surface area contributed by atoms with E-state index in [2.05, 4.69) is 10.6 Å². The lowest BCUT2D eigenvalue weighted by atomic mass is 10.00. The van der Waals surface area contributed by atoms with E-state index < -0.39 is 6.04 Å². The van der Waals surface area contributed by atoms with Crippen LogP contribution in [0.5, 0.6) is 0 Å². The van der Waals surface area contributed by atoms with E-state index in [1.54, 1.807) is 24.1 Å². The Hall–Kier alpha value is -2.87. The fraction of sp³-hybridized carbons (Fsp3) is 0.318. The van der Waals surface area contributed by atoms with E-state index in [-0.39, 0.29) is 47.5 Å². The summed E-state index contributed by atoms with van der Waals surface area (Å²) in [6, 6.07) is 12.7. The number of rotatable bonds is 7. The second-order valence-electron chi connectivity index (χ2n) is 7.29. The molecule has 3 amide bonds. The van der Waals surface area contributed by atoms with Gasteiger partial charge in [-0.3, -0.25) is 14.4 Å². The van der Waals surface area contributed by atoms with Crippen molar-refractivity contribution in [2.45, 2.75) is 25.4 Å². The number of halogens is 1. The van der Waals surface area contributed by atoms with E-state index in [9.17, 15) is 18.8 Å². The molecule has 0 radical (unpaired) electrons. The van der Waals surface area contributed by atoms with Gasteiger partial charge in [0.2, 0.25) is 17.7 Å². The van der Waals surface area contributed by atoms with Gasteiger partial charge in [0.05, 0.1) is 23.6 Å². The van der Waals surface area contributed by atoms with Crippen molar-refractivity contribution in [1.82, 2.24) is 10.2 Å². The van der Waals surface area contributed by atoms with Gasteiger partial charge in [-0.25, -0.2) is 4.39 Å². The molecule has 1 saturated heterocycles. The summed E-state index contributed by atoms with van der Waals surface area (Å²) < 4.78 is 13.2. The fourth-order valence-corrected chi connectivity index (χ4v) is 4.15. The Labute approximate surface area is 179 Å². The molecular formula is C22H24FN3O3S. The smallest absolute Gasteiger partial charge is 0.234 e. The Kier molecular flexibility index (Phi) is 7.10. The lowest BCUT2D eigenvalue weighted by Gasteiger charge is -2.26. The third kappa shape index (κ3) is 5.60. The van der Waals surface area contributed by atoms with E-state index in [0.29, 0.717) is 0 Å². The Morgan fingerprint density at radius 1 is 1.13 bits per heavy atom. The number of thioether (sulfide) groups is 1. The van der Waals surface area contributed by atoms with Crippen LogP contribution in [-0.2, 0) is 14.4 Å². The van der Waals surface area contributed by atoms with E-state index in [1.165, 1.54) is 23.9 Å². The first-order valence-electron chi connectivity index (χ1n) is 9.58. The molecule has 2 N–H and O–H groups in total. The van der Waals surface area contributed by atoms with Crippen LogP contribution in [0.4, 0.5) is 10.1 Å². The minimum absolute atomic E-state index is 0.0835. The number of nitrogens with one attached hydrogen (secondary N) is 2. The van der Waals surface area contributed by atoms with Crippen LogP contribution in [0.3, 0.4) is 0 Å². The molecule has 1 fully saturated rings. The molecule has 2 aromatic rings. The van der Waals surface area contributed by atoms with Crippen LogP contribution in [0.1, 0.15) is 23.6 Å². The molecule has 1 aliphatic heterocycles. The molecule has 1 aliphatic rings. The molecule has 0 saturated carbocycles. The third-order valence-corrected chi connectivity index (χ3v) is 5.84. The van der Waals surface area contributed by atoms with Gasteiger partial charge in [-0.05, 0) is 42.3 Å². The number of nitrogens with zero attached hydrogens (tertiary/aromatic N) is 1. The number of benzene rings is 2. The van der Waals surface area contributed by atoms with Gasteiger partial charge in [0.15, 0.2) is 0 Å². The second kappa shape index (κ2) is 9.75. The summed E-state index contributed by atoms with van der Waals surface area (Å²) in [4.78, 5) is 38.2. The van der Waals surface area contributed by atoms with Gasteiger partial charge in [0.25, 0.3) is 0 Å². The third-order valence-electron chi connectivity index (χ3n) is 4.91. The highest BCUT2D eigenvalue weighted by Gasteiger charge is 2.39. The summed E-state index contributed by atoms with van der Waals surface area (Å²) in [5.74, 6) is -0.619. The molecule has 2 aromatic carbocycles. The molecule has 2 atom stereocenters. The molecule has 8 heteroatoms. The predicted molar refractivity (Wildman–Crippen MR) is 116 cm³/mol. The topological polar surface area (TPSA) is 78.5 Å². The molecule has 0 aromatic heterocycles. The number of hydrogen-bond acceptors (Lipinski definition) is 4. The second-order valence-corrected chi connectivity index (χ2v) is 8.28. The first kappa shape index (κ1) is 21.8. The molecule has 3 rings (SSSR count).